The van der Waals surface area contributed by atoms with Crippen LogP contribution in [0.5, 0.6) is 0 Å². The molecule has 2 aliphatic heterocycles. The molecule has 132 valence electrons. The van der Waals surface area contributed by atoms with E-state index in [0.717, 1.165) is 38.2 Å². The monoisotopic (exact) mass is 332 g/mol. The lowest BCUT2D eigenvalue weighted by Crippen LogP contribution is -2.43. The molecule has 6 nitrogen and oxygen atoms in total. The summed E-state index contributed by atoms with van der Waals surface area (Å²) in [7, 11) is 0. The van der Waals surface area contributed by atoms with Gasteiger partial charge >= 0.3 is 6.03 Å². The lowest BCUT2D eigenvalue weighted by molar-refractivity contribution is 0.0382. The third kappa shape index (κ3) is 4.04. The van der Waals surface area contributed by atoms with Gasteiger partial charge in [-0.05, 0) is 43.7 Å². The van der Waals surface area contributed by atoms with Gasteiger partial charge in [-0.1, -0.05) is 20.8 Å². The Labute approximate surface area is 144 Å². The van der Waals surface area contributed by atoms with E-state index in [1.54, 1.807) is 0 Å². The Bertz CT molecular complexity index is 553. The first-order chi connectivity index (χ1) is 11.4. The van der Waals surface area contributed by atoms with E-state index in [1.807, 2.05) is 17.0 Å². The van der Waals surface area contributed by atoms with Crippen LogP contribution in [0, 0.1) is 5.92 Å². The van der Waals surface area contributed by atoms with Crippen molar-refractivity contribution in [1.82, 2.24) is 15.1 Å². The van der Waals surface area contributed by atoms with Crippen molar-refractivity contribution in [3.05, 3.63) is 17.8 Å². The molecule has 2 saturated heterocycles. The maximum atomic E-state index is 12.4. The first-order valence-corrected chi connectivity index (χ1v) is 8.95. The fraction of sp³-hybridized carbons (Fsp3) is 0.722. The number of nitrogens with one attached hydrogen (secondary N) is 1. The molecule has 24 heavy (non-hydrogen) atoms. The number of piperidine rings is 1. The van der Waals surface area contributed by atoms with Crippen molar-refractivity contribution in [2.45, 2.75) is 58.0 Å². The predicted octanol–water partition coefficient (Wildman–Crippen LogP) is 3.20. The molecule has 6 heteroatoms. The zero-order chi connectivity index (χ0) is 17.2. The van der Waals surface area contributed by atoms with Crippen LogP contribution in [0.4, 0.5) is 10.6 Å². The van der Waals surface area contributed by atoms with E-state index in [4.69, 9.17) is 4.74 Å². The molecule has 0 saturated carbocycles. The van der Waals surface area contributed by atoms with Gasteiger partial charge in [-0.3, -0.25) is 5.32 Å². The average Bonchev–Trinajstić information content (AvgIpc) is 3.09. The summed E-state index contributed by atoms with van der Waals surface area (Å²) in [4.78, 5) is 14.3. The van der Waals surface area contributed by atoms with Crippen LogP contribution in [0.15, 0.2) is 12.1 Å². The van der Waals surface area contributed by atoms with Gasteiger partial charge in [0, 0.05) is 25.1 Å². The van der Waals surface area contributed by atoms with Gasteiger partial charge in [-0.25, -0.2) is 4.79 Å². The molecule has 2 amide bonds. The number of aromatic nitrogens is 2. The Morgan fingerprint density at radius 2 is 1.96 bits per heavy atom. The topological polar surface area (TPSA) is 67.4 Å². The summed E-state index contributed by atoms with van der Waals surface area (Å²) in [6.45, 7) is 8.73. The van der Waals surface area contributed by atoms with Gasteiger partial charge in [-0.2, -0.15) is 5.10 Å². The lowest BCUT2D eigenvalue weighted by Gasteiger charge is -2.34. The van der Waals surface area contributed by atoms with E-state index in [-0.39, 0.29) is 11.4 Å². The molecular weight excluding hydrogens is 304 g/mol. The molecule has 2 fully saturated rings. The predicted molar refractivity (Wildman–Crippen MR) is 93.0 cm³/mol. The summed E-state index contributed by atoms with van der Waals surface area (Å²) in [6, 6.07) is 3.66. The van der Waals surface area contributed by atoms with Crippen molar-refractivity contribution in [3.8, 4) is 0 Å². The van der Waals surface area contributed by atoms with E-state index in [1.165, 1.54) is 12.8 Å². The first kappa shape index (κ1) is 17.1. The molecule has 1 N–H and O–H groups in total. The third-order valence-electron chi connectivity index (χ3n) is 4.99. The fourth-order valence-electron chi connectivity index (χ4n) is 3.44. The minimum absolute atomic E-state index is 0.0419. The minimum Gasteiger partial charge on any atom is -0.378 e. The highest BCUT2D eigenvalue weighted by molar-refractivity contribution is 5.88. The van der Waals surface area contributed by atoms with E-state index >= 15 is 0 Å². The van der Waals surface area contributed by atoms with Crippen LogP contribution in [0.3, 0.4) is 0 Å². The van der Waals surface area contributed by atoms with Crippen LogP contribution in [-0.2, 0) is 10.2 Å². The zero-order valence-corrected chi connectivity index (χ0v) is 14.9. The lowest BCUT2D eigenvalue weighted by atomic mass is 9.90. The third-order valence-corrected chi connectivity index (χ3v) is 4.99. The molecule has 0 bridgehead atoms. The Morgan fingerprint density at radius 3 is 2.50 bits per heavy atom. The molecule has 3 heterocycles. The van der Waals surface area contributed by atoms with Crippen molar-refractivity contribution in [2.75, 3.05) is 25.0 Å². The molecular formula is C18H28N4O2. The fourth-order valence-corrected chi connectivity index (χ4v) is 3.44. The van der Waals surface area contributed by atoms with Crippen LogP contribution < -0.4 is 5.32 Å². The van der Waals surface area contributed by atoms with Gasteiger partial charge < -0.3 is 9.64 Å². The molecule has 0 aliphatic carbocycles. The van der Waals surface area contributed by atoms with Crippen molar-refractivity contribution < 1.29 is 9.53 Å². The van der Waals surface area contributed by atoms with Crippen LogP contribution in [0.2, 0.25) is 0 Å². The van der Waals surface area contributed by atoms with Crippen LogP contribution in [0.1, 0.15) is 52.1 Å². The molecule has 0 radical (unpaired) electrons. The number of hydrogen-bond acceptors (Lipinski definition) is 4. The maximum Gasteiger partial charge on any atom is 0.323 e. The van der Waals surface area contributed by atoms with Crippen LogP contribution in [-0.4, -0.2) is 46.9 Å². The van der Waals surface area contributed by atoms with Gasteiger partial charge in [0.2, 0.25) is 0 Å². The summed E-state index contributed by atoms with van der Waals surface area (Å²) in [5, 5.41) is 11.2. The van der Waals surface area contributed by atoms with E-state index in [0.29, 0.717) is 17.8 Å². The molecule has 0 aromatic carbocycles. The number of ether oxygens (including phenoxy) is 1. The minimum atomic E-state index is -0.0846. The number of hydrogen-bond donors (Lipinski definition) is 1. The van der Waals surface area contributed by atoms with Crippen molar-refractivity contribution >= 4 is 11.8 Å². The normalized spacial score (nSPS) is 22.6. The quantitative estimate of drug-likeness (QED) is 0.903. The number of amides is 2. The zero-order valence-electron chi connectivity index (χ0n) is 14.9. The summed E-state index contributed by atoms with van der Waals surface area (Å²) in [5.41, 5.74) is 0.873. The van der Waals surface area contributed by atoms with Crippen molar-refractivity contribution in [1.29, 1.82) is 0 Å². The number of anilines is 1. The Hall–Kier alpha value is -1.69. The SMILES string of the molecule is CC(C)(C)c1ccc(NC(=O)N2CCC([C@H]3CCCO3)CC2)nn1. The number of likely N-dealkylation sites (tertiary alicyclic amines) is 1. The smallest absolute Gasteiger partial charge is 0.323 e. The summed E-state index contributed by atoms with van der Waals surface area (Å²) in [5.74, 6) is 1.11. The molecule has 1 aromatic rings. The van der Waals surface area contributed by atoms with Gasteiger partial charge in [0.05, 0.1) is 11.8 Å². The first-order valence-electron chi connectivity index (χ1n) is 8.95. The second kappa shape index (κ2) is 7.05. The number of carbonyl (C=O) groups is 1. The number of nitrogens with zero attached hydrogens (tertiary/aromatic N) is 3. The van der Waals surface area contributed by atoms with Gasteiger partial charge in [0.25, 0.3) is 0 Å². The summed E-state index contributed by atoms with van der Waals surface area (Å²) < 4.78 is 5.79. The second-order valence-electron chi connectivity index (χ2n) is 7.86. The molecule has 1 atom stereocenters. The number of rotatable bonds is 2. The number of urea groups is 1. The van der Waals surface area contributed by atoms with Gasteiger partial charge in [-0.15, -0.1) is 5.10 Å². The highest BCUT2D eigenvalue weighted by Crippen LogP contribution is 2.29. The summed E-state index contributed by atoms with van der Waals surface area (Å²) in [6.07, 6.45) is 4.80. The Balaban J connectivity index is 1.50. The van der Waals surface area contributed by atoms with Gasteiger partial charge in [0.1, 0.15) is 0 Å². The molecule has 0 spiro atoms. The largest absolute Gasteiger partial charge is 0.378 e. The van der Waals surface area contributed by atoms with Crippen molar-refractivity contribution in [3.63, 3.8) is 0 Å². The molecule has 0 unspecified atom stereocenters. The van der Waals surface area contributed by atoms with Crippen LogP contribution >= 0.6 is 0 Å². The highest BCUT2D eigenvalue weighted by atomic mass is 16.5. The highest BCUT2D eigenvalue weighted by Gasteiger charge is 2.31. The number of carbonyl (C=O) groups excluding carboxylic acids is 1. The van der Waals surface area contributed by atoms with E-state index in [9.17, 15) is 4.79 Å². The van der Waals surface area contributed by atoms with Crippen LogP contribution in [0.25, 0.3) is 0 Å². The summed E-state index contributed by atoms with van der Waals surface area (Å²) >= 11 is 0. The molecule has 2 aliphatic rings. The van der Waals surface area contributed by atoms with Crippen molar-refractivity contribution in [2.24, 2.45) is 5.92 Å². The Morgan fingerprint density at radius 1 is 1.21 bits per heavy atom. The maximum absolute atomic E-state index is 12.4. The Kier molecular flexibility index (Phi) is 5.04. The standard InChI is InChI=1S/C18H28N4O2/c1-18(2,3)15-6-7-16(21-20-15)19-17(23)22-10-8-13(9-11-22)14-5-4-12-24-14/h6-7,13-14H,4-5,8-12H2,1-3H3,(H,19,21,23)/t14-/m1/s1. The second-order valence-corrected chi connectivity index (χ2v) is 7.86. The molecule has 3 rings (SSSR count). The molecule has 1 aromatic heterocycles. The average molecular weight is 332 g/mol. The van der Waals surface area contributed by atoms with E-state index < -0.39 is 0 Å². The van der Waals surface area contributed by atoms with Gasteiger partial charge in [0.15, 0.2) is 5.82 Å². The van der Waals surface area contributed by atoms with E-state index in [2.05, 4.69) is 36.3 Å².